The molecule has 0 radical (unpaired) electrons. The zero-order chi connectivity index (χ0) is 19.9. The molecule has 1 rings (SSSR count). The maximum absolute atomic E-state index is 11.5. The van der Waals surface area contributed by atoms with E-state index in [0.29, 0.717) is 5.56 Å². The van der Waals surface area contributed by atoms with E-state index in [2.05, 4.69) is 4.74 Å². The van der Waals surface area contributed by atoms with Gasteiger partial charge in [0.15, 0.2) is 17.3 Å². The van der Waals surface area contributed by atoms with E-state index < -0.39 is 49.4 Å². The second-order valence-electron chi connectivity index (χ2n) is 5.33. The molecule has 144 valence electrons. The Hall–Kier alpha value is -2.50. The molecule has 7 N–H and O–H groups in total. The summed E-state index contributed by atoms with van der Waals surface area (Å²) in [6.07, 6.45) is -5.80. The van der Waals surface area contributed by atoms with Gasteiger partial charge in [-0.05, 0) is 23.8 Å². The highest BCUT2D eigenvalue weighted by atomic mass is 16.5. The summed E-state index contributed by atoms with van der Waals surface area (Å²) in [6, 6.07) is 3.81. The third-order valence-electron chi connectivity index (χ3n) is 3.36. The SMILES string of the molecule is O=C(/C=C/c1ccc(O)c(O)c1)OC[C@@H](O)[C@@H](O)[C@@H](O)[C@H](O)C(=O)CO. The number of hydrogen-bond acceptors (Lipinski definition) is 10. The summed E-state index contributed by atoms with van der Waals surface area (Å²) in [5.74, 6) is -2.79. The molecule has 0 aliphatic heterocycles. The van der Waals surface area contributed by atoms with Gasteiger partial charge < -0.3 is 40.5 Å². The van der Waals surface area contributed by atoms with E-state index in [0.717, 1.165) is 6.08 Å². The third kappa shape index (κ3) is 6.10. The Morgan fingerprint density at radius 3 is 2.27 bits per heavy atom. The maximum atomic E-state index is 11.5. The molecule has 0 bridgehead atoms. The summed E-state index contributed by atoms with van der Waals surface area (Å²) >= 11 is 0. The lowest BCUT2D eigenvalue weighted by atomic mass is 10.0. The van der Waals surface area contributed by atoms with E-state index in [1.54, 1.807) is 0 Å². The van der Waals surface area contributed by atoms with Gasteiger partial charge in [-0.2, -0.15) is 0 Å². The fourth-order valence-corrected chi connectivity index (χ4v) is 1.82. The molecule has 10 nitrogen and oxygen atoms in total. The van der Waals surface area contributed by atoms with E-state index in [1.165, 1.54) is 24.3 Å². The van der Waals surface area contributed by atoms with Gasteiger partial charge in [0.25, 0.3) is 0 Å². The molecule has 10 heteroatoms. The van der Waals surface area contributed by atoms with Crippen LogP contribution in [0.2, 0.25) is 0 Å². The molecule has 0 aromatic heterocycles. The van der Waals surface area contributed by atoms with Crippen molar-refractivity contribution in [2.75, 3.05) is 13.2 Å². The van der Waals surface area contributed by atoms with Crippen LogP contribution in [0.5, 0.6) is 11.5 Å². The smallest absolute Gasteiger partial charge is 0.330 e. The first-order chi connectivity index (χ1) is 12.2. The molecule has 0 saturated carbocycles. The quantitative estimate of drug-likeness (QED) is 0.141. The lowest BCUT2D eigenvalue weighted by molar-refractivity contribution is -0.156. The predicted molar refractivity (Wildman–Crippen MR) is 85.9 cm³/mol. The van der Waals surface area contributed by atoms with Crippen molar-refractivity contribution >= 4 is 17.8 Å². The number of rotatable bonds is 9. The van der Waals surface area contributed by atoms with Gasteiger partial charge in [-0.15, -0.1) is 0 Å². The standard InChI is InChI=1S/C16H20O10/c17-6-11(20)14(23)16(25)15(24)12(21)7-26-13(22)4-2-8-1-3-9(18)10(19)5-8/h1-5,12,14-19,21,23-25H,6-7H2/b4-2+/t12-,14-,15-,16+/m1/s1. The maximum Gasteiger partial charge on any atom is 0.330 e. The largest absolute Gasteiger partial charge is 0.504 e. The number of phenolic OH excluding ortho intramolecular Hbond substituents is 2. The third-order valence-corrected chi connectivity index (χ3v) is 3.36. The summed E-state index contributed by atoms with van der Waals surface area (Å²) in [7, 11) is 0. The highest BCUT2D eigenvalue weighted by Gasteiger charge is 2.34. The van der Waals surface area contributed by atoms with Gasteiger partial charge in [-0.25, -0.2) is 4.79 Å². The Morgan fingerprint density at radius 1 is 1.04 bits per heavy atom. The zero-order valence-electron chi connectivity index (χ0n) is 13.5. The van der Waals surface area contributed by atoms with Crippen LogP contribution in [0, 0.1) is 0 Å². The van der Waals surface area contributed by atoms with Crippen molar-refractivity contribution < 1.29 is 50.1 Å². The molecule has 1 aromatic rings. The van der Waals surface area contributed by atoms with Crippen LogP contribution >= 0.6 is 0 Å². The Bertz CT molecular complexity index is 656. The Balaban J connectivity index is 2.53. The fraction of sp³-hybridized carbons (Fsp3) is 0.375. The van der Waals surface area contributed by atoms with E-state index in [-0.39, 0.29) is 11.5 Å². The molecule has 0 aliphatic carbocycles. The van der Waals surface area contributed by atoms with Gasteiger partial charge in [0, 0.05) is 6.08 Å². The van der Waals surface area contributed by atoms with Gasteiger partial charge in [0.05, 0.1) is 0 Å². The highest BCUT2D eigenvalue weighted by Crippen LogP contribution is 2.25. The first kappa shape index (κ1) is 21.5. The van der Waals surface area contributed by atoms with Gasteiger partial charge in [0.2, 0.25) is 0 Å². The van der Waals surface area contributed by atoms with Gasteiger partial charge in [-0.1, -0.05) is 6.07 Å². The number of ether oxygens (including phenoxy) is 1. The number of carbonyl (C=O) groups is 2. The molecule has 0 aliphatic rings. The Kier molecular flexibility index (Phi) is 8.16. The number of aliphatic hydroxyl groups excluding tert-OH is 5. The van der Waals surface area contributed by atoms with E-state index in [1.807, 2.05) is 0 Å². The van der Waals surface area contributed by atoms with Crippen LogP contribution in [-0.4, -0.2) is 85.1 Å². The summed E-state index contributed by atoms with van der Waals surface area (Å²) in [5, 5.41) is 65.2. The van der Waals surface area contributed by atoms with Crippen LogP contribution in [0.15, 0.2) is 24.3 Å². The summed E-state index contributed by atoms with van der Waals surface area (Å²) < 4.78 is 4.64. The molecule has 4 atom stereocenters. The van der Waals surface area contributed by atoms with Crippen molar-refractivity contribution in [2.24, 2.45) is 0 Å². The molecular formula is C16H20O10. The Morgan fingerprint density at radius 2 is 1.69 bits per heavy atom. The molecule has 0 saturated heterocycles. The number of Topliss-reactive ketones (excluding diaryl/α,β-unsaturated/α-hetero) is 1. The lowest BCUT2D eigenvalue weighted by Gasteiger charge is -2.25. The van der Waals surface area contributed by atoms with Crippen LogP contribution in [0.1, 0.15) is 5.56 Å². The minimum Gasteiger partial charge on any atom is -0.504 e. The van der Waals surface area contributed by atoms with Crippen LogP contribution in [-0.2, 0) is 14.3 Å². The zero-order valence-corrected chi connectivity index (χ0v) is 13.5. The highest BCUT2D eigenvalue weighted by molar-refractivity contribution is 5.87. The number of phenols is 2. The van der Waals surface area contributed by atoms with Crippen molar-refractivity contribution in [2.45, 2.75) is 24.4 Å². The van der Waals surface area contributed by atoms with E-state index in [4.69, 9.17) is 10.2 Å². The van der Waals surface area contributed by atoms with Crippen molar-refractivity contribution in [1.82, 2.24) is 0 Å². The number of carbonyl (C=O) groups excluding carboxylic acids is 2. The molecule has 0 heterocycles. The van der Waals surface area contributed by atoms with Gasteiger partial charge >= 0.3 is 5.97 Å². The summed E-state index contributed by atoms with van der Waals surface area (Å²) in [4.78, 5) is 22.6. The first-order valence-corrected chi connectivity index (χ1v) is 7.40. The van der Waals surface area contributed by atoms with Crippen molar-refractivity contribution in [3.8, 4) is 11.5 Å². The van der Waals surface area contributed by atoms with Crippen molar-refractivity contribution in [3.63, 3.8) is 0 Å². The minimum absolute atomic E-state index is 0.331. The lowest BCUT2D eigenvalue weighted by Crippen LogP contribution is -2.49. The van der Waals surface area contributed by atoms with Crippen LogP contribution in [0.4, 0.5) is 0 Å². The molecule has 1 aromatic carbocycles. The molecule has 0 fully saturated rings. The minimum atomic E-state index is -2.11. The topological polar surface area (TPSA) is 185 Å². The molecule has 0 spiro atoms. The molecule has 0 amide bonds. The first-order valence-electron chi connectivity index (χ1n) is 7.40. The van der Waals surface area contributed by atoms with Crippen molar-refractivity contribution in [3.05, 3.63) is 29.8 Å². The molecule has 0 unspecified atom stereocenters. The predicted octanol–water partition coefficient (Wildman–Crippen LogP) is -2.34. The average molecular weight is 372 g/mol. The number of hydrogen-bond donors (Lipinski definition) is 7. The monoisotopic (exact) mass is 372 g/mol. The molecular weight excluding hydrogens is 352 g/mol. The summed E-state index contributed by atoms with van der Waals surface area (Å²) in [5.41, 5.74) is 0.374. The summed E-state index contributed by atoms with van der Waals surface area (Å²) in [6.45, 7) is -1.81. The Labute approximate surface area is 147 Å². The van der Waals surface area contributed by atoms with Gasteiger partial charge in [-0.3, -0.25) is 4.79 Å². The number of aliphatic hydroxyl groups is 5. The number of benzene rings is 1. The van der Waals surface area contributed by atoms with Crippen LogP contribution in [0.25, 0.3) is 6.08 Å². The average Bonchev–Trinajstić information content (AvgIpc) is 2.64. The van der Waals surface area contributed by atoms with Gasteiger partial charge in [0.1, 0.15) is 37.6 Å². The molecule has 26 heavy (non-hydrogen) atoms. The number of esters is 1. The second-order valence-corrected chi connectivity index (χ2v) is 5.33. The second kappa shape index (κ2) is 9.85. The number of ketones is 1. The van der Waals surface area contributed by atoms with Crippen molar-refractivity contribution in [1.29, 1.82) is 0 Å². The fourth-order valence-electron chi connectivity index (χ4n) is 1.82. The normalized spacial score (nSPS) is 16.0. The number of aromatic hydroxyl groups is 2. The van der Waals surface area contributed by atoms with E-state index >= 15 is 0 Å². The van der Waals surface area contributed by atoms with E-state index in [9.17, 15) is 35.1 Å². The van der Waals surface area contributed by atoms with Crippen LogP contribution in [0.3, 0.4) is 0 Å². The van der Waals surface area contributed by atoms with Crippen LogP contribution < -0.4 is 0 Å².